The Labute approximate surface area is 220 Å². The summed E-state index contributed by atoms with van der Waals surface area (Å²) in [6.45, 7) is 0.555. The van der Waals surface area contributed by atoms with E-state index in [0.29, 0.717) is 48.9 Å². The second kappa shape index (κ2) is 12.9. The number of aromatic nitrogens is 3. The number of ether oxygens (including phenoxy) is 3. The molecule has 0 radical (unpaired) electrons. The zero-order valence-corrected chi connectivity index (χ0v) is 21.9. The standard InChI is InChI=1S/C27H30N4O5S/c1-33-21-11-9-20(10-12-21)31-26(23-6-4-16-36-23)29-30-27(31)37-17-5-7-25(32)28-15-14-19-8-13-22(34-2)24(18-19)35-3/h4,6,8-13,16,18H,5,7,14-15,17H2,1-3H3,(H,28,32). The van der Waals surface area contributed by atoms with Crippen molar-refractivity contribution >= 4 is 17.7 Å². The molecule has 0 aliphatic rings. The molecule has 0 fully saturated rings. The smallest absolute Gasteiger partial charge is 0.220 e. The largest absolute Gasteiger partial charge is 0.497 e. The molecule has 0 saturated carbocycles. The Hall–Kier alpha value is -3.92. The fourth-order valence-corrected chi connectivity index (χ4v) is 4.65. The molecule has 4 rings (SSSR count). The number of amides is 1. The van der Waals surface area contributed by atoms with Gasteiger partial charge in [-0.3, -0.25) is 9.36 Å². The summed E-state index contributed by atoms with van der Waals surface area (Å²) in [5.74, 6) is 4.12. The van der Waals surface area contributed by atoms with Gasteiger partial charge in [0.25, 0.3) is 0 Å². The monoisotopic (exact) mass is 522 g/mol. The van der Waals surface area contributed by atoms with Crippen LogP contribution in [0.1, 0.15) is 18.4 Å². The van der Waals surface area contributed by atoms with E-state index in [4.69, 9.17) is 18.6 Å². The van der Waals surface area contributed by atoms with Crippen LogP contribution in [0.2, 0.25) is 0 Å². The Morgan fingerprint density at radius 2 is 1.81 bits per heavy atom. The molecule has 0 aliphatic carbocycles. The van der Waals surface area contributed by atoms with Gasteiger partial charge in [-0.05, 0) is 66.9 Å². The SMILES string of the molecule is COc1ccc(-n2c(SCCCC(=O)NCCc3ccc(OC)c(OC)c3)nnc2-c2ccco2)cc1. The van der Waals surface area contributed by atoms with Crippen LogP contribution < -0.4 is 19.5 Å². The summed E-state index contributed by atoms with van der Waals surface area (Å²) < 4.78 is 23.4. The van der Waals surface area contributed by atoms with E-state index in [-0.39, 0.29) is 5.91 Å². The molecule has 0 bridgehead atoms. The van der Waals surface area contributed by atoms with E-state index in [1.54, 1.807) is 39.4 Å². The van der Waals surface area contributed by atoms with Crippen molar-refractivity contribution in [3.8, 4) is 34.5 Å². The van der Waals surface area contributed by atoms with Crippen molar-refractivity contribution in [2.45, 2.75) is 24.4 Å². The number of methoxy groups -OCH3 is 3. The molecule has 0 aliphatic heterocycles. The van der Waals surface area contributed by atoms with Crippen LogP contribution in [0.15, 0.2) is 70.4 Å². The number of hydrogen-bond donors (Lipinski definition) is 1. The summed E-state index contributed by atoms with van der Waals surface area (Å²) in [5, 5.41) is 12.5. The number of thioether (sulfide) groups is 1. The quantitative estimate of drug-likeness (QED) is 0.198. The molecule has 37 heavy (non-hydrogen) atoms. The Morgan fingerprint density at radius 3 is 2.51 bits per heavy atom. The van der Waals surface area contributed by atoms with Crippen LogP contribution in [0, 0.1) is 0 Å². The van der Waals surface area contributed by atoms with Gasteiger partial charge in [0.05, 0.1) is 33.3 Å². The molecule has 194 valence electrons. The number of nitrogens with one attached hydrogen (secondary N) is 1. The number of nitrogens with zero attached hydrogens (tertiary/aromatic N) is 3. The molecule has 0 unspecified atom stereocenters. The highest BCUT2D eigenvalue weighted by molar-refractivity contribution is 7.99. The zero-order chi connectivity index (χ0) is 26.0. The minimum absolute atomic E-state index is 0.0222. The third kappa shape index (κ3) is 6.65. The van der Waals surface area contributed by atoms with Gasteiger partial charge in [0, 0.05) is 18.7 Å². The van der Waals surface area contributed by atoms with E-state index in [1.165, 1.54) is 0 Å². The Bertz CT molecular complexity index is 1290. The van der Waals surface area contributed by atoms with E-state index in [9.17, 15) is 4.79 Å². The average molecular weight is 523 g/mol. The number of carbonyl (C=O) groups is 1. The Morgan fingerprint density at radius 1 is 1.00 bits per heavy atom. The van der Waals surface area contributed by atoms with E-state index in [2.05, 4.69) is 15.5 Å². The third-order valence-electron chi connectivity index (χ3n) is 5.67. The minimum Gasteiger partial charge on any atom is -0.497 e. The van der Waals surface area contributed by atoms with Gasteiger partial charge in [-0.2, -0.15) is 0 Å². The molecule has 0 spiro atoms. The average Bonchev–Trinajstić information content (AvgIpc) is 3.61. The van der Waals surface area contributed by atoms with E-state index >= 15 is 0 Å². The highest BCUT2D eigenvalue weighted by Gasteiger charge is 2.18. The van der Waals surface area contributed by atoms with Crippen LogP contribution in [0.4, 0.5) is 0 Å². The van der Waals surface area contributed by atoms with E-state index < -0.39 is 0 Å². The molecule has 1 amide bonds. The molecule has 4 aromatic rings. The lowest BCUT2D eigenvalue weighted by Gasteiger charge is -2.11. The molecular formula is C27H30N4O5S. The first kappa shape index (κ1) is 26.2. The van der Waals surface area contributed by atoms with Crippen LogP contribution in [0.5, 0.6) is 17.2 Å². The number of carbonyl (C=O) groups excluding carboxylic acids is 1. The minimum atomic E-state index is 0.0222. The van der Waals surface area contributed by atoms with Crippen molar-refractivity contribution in [3.05, 3.63) is 66.4 Å². The number of hydrogen-bond acceptors (Lipinski definition) is 8. The number of rotatable bonds is 13. The van der Waals surface area contributed by atoms with Gasteiger partial charge in [0.2, 0.25) is 11.7 Å². The predicted octanol–water partition coefficient (Wildman–Crippen LogP) is 4.78. The van der Waals surface area contributed by atoms with Crippen molar-refractivity contribution in [1.82, 2.24) is 20.1 Å². The summed E-state index contributed by atoms with van der Waals surface area (Å²) >= 11 is 1.55. The Balaban J connectivity index is 1.29. The second-order valence-corrected chi connectivity index (χ2v) is 9.12. The van der Waals surface area contributed by atoms with Crippen molar-refractivity contribution < 1.29 is 23.4 Å². The lowest BCUT2D eigenvalue weighted by molar-refractivity contribution is -0.121. The van der Waals surface area contributed by atoms with Crippen LogP contribution in [0.3, 0.4) is 0 Å². The van der Waals surface area contributed by atoms with Gasteiger partial charge in [-0.15, -0.1) is 10.2 Å². The summed E-state index contributed by atoms with van der Waals surface area (Å²) in [5.41, 5.74) is 1.96. The van der Waals surface area contributed by atoms with Crippen LogP contribution in [0.25, 0.3) is 17.3 Å². The first-order valence-corrected chi connectivity index (χ1v) is 12.9. The fourth-order valence-electron chi connectivity index (χ4n) is 3.76. The highest BCUT2D eigenvalue weighted by Crippen LogP contribution is 2.30. The van der Waals surface area contributed by atoms with Gasteiger partial charge in [0.1, 0.15) is 5.75 Å². The first-order valence-electron chi connectivity index (χ1n) is 11.9. The normalized spacial score (nSPS) is 10.8. The van der Waals surface area contributed by atoms with Gasteiger partial charge in [-0.25, -0.2) is 0 Å². The van der Waals surface area contributed by atoms with Crippen molar-refractivity contribution in [3.63, 3.8) is 0 Å². The third-order valence-corrected chi connectivity index (χ3v) is 6.68. The fraction of sp³-hybridized carbons (Fsp3) is 0.296. The number of benzene rings is 2. The molecule has 0 atom stereocenters. The van der Waals surface area contributed by atoms with Crippen molar-refractivity contribution in [2.75, 3.05) is 33.6 Å². The summed E-state index contributed by atoms with van der Waals surface area (Å²) in [6.07, 6.45) is 3.46. The maximum Gasteiger partial charge on any atom is 0.220 e. The molecule has 2 aromatic carbocycles. The van der Waals surface area contributed by atoms with E-state index in [1.807, 2.05) is 59.2 Å². The first-order chi connectivity index (χ1) is 18.1. The number of furan rings is 1. The highest BCUT2D eigenvalue weighted by atomic mass is 32.2. The maximum atomic E-state index is 12.4. The molecule has 9 nitrogen and oxygen atoms in total. The van der Waals surface area contributed by atoms with E-state index in [0.717, 1.165) is 27.9 Å². The summed E-state index contributed by atoms with van der Waals surface area (Å²) in [7, 11) is 4.85. The van der Waals surface area contributed by atoms with Crippen LogP contribution >= 0.6 is 11.8 Å². The summed E-state index contributed by atoms with van der Waals surface area (Å²) in [4.78, 5) is 12.4. The van der Waals surface area contributed by atoms with Crippen LogP contribution in [-0.2, 0) is 11.2 Å². The summed E-state index contributed by atoms with van der Waals surface area (Å²) in [6, 6.07) is 17.1. The second-order valence-electron chi connectivity index (χ2n) is 8.06. The Kier molecular flexibility index (Phi) is 9.09. The lowest BCUT2D eigenvalue weighted by Crippen LogP contribution is -2.25. The molecule has 10 heteroatoms. The molecular weight excluding hydrogens is 492 g/mol. The zero-order valence-electron chi connectivity index (χ0n) is 21.1. The van der Waals surface area contributed by atoms with Crippen molar-refractivity contribution in [2.24, 2.45) is 0 Å². The topological polar surface area (TPSA) is 101 Å². The molecule has 1 N–H and O–H groups in total. The van der Waals surface area contributed by atoms with Crippen molar-refractivity contribution in [1.29, 1.82) is 0 Å². The molecule has 2 aromatic heterocycles. The maximum absolute atomic E-state index is 12.4. The lowest BCUT2D eigenvalue weighted by atomic mass is 10.1. The van der Waals surface area contributed by atoms with Gasteiger partial charge < -0.3 is 23.9 Å². The predicted molar refractivity (Wildman–Crippen MR) is 142 cm³/mol. The van der Waals surface area contributed by atoms with Crippen LogP contribution in [-0.4, -0.2) is 54.3 Å². The van der Waals surface area contributed by atoms with Gasteiger partial charge >= 0.3 is 0 Å². The molecule has 0 saturated heterocycles. The van der Waals surface area contributed by atoms with Gasteiger partial charge in [0.15, 0.2) is 22.4 Å². The van der Waals surface area contributed by atoms with Gasteiger partial charge in [-0.1, -0.05) is 17.8 Å². The molecule has 2 heterocycles.